The zero-order chi connectivity index (χ0) is 26.7. The Labute approximate surface area is 200 Å². The van der Waals surface area contributed by atoms with Crippen LogP contribution >= 0.6 is 0 Å². The molecule has 1 aliphatic rings. The van der Waals surface area contributed by atoms with E-state index in [-0.39, 0.29) is 5.56 Å². The average Bonchev–Trinajstić information content (AvgIpc) is 2.74. The van der Waals surface area contributed by atoms with Crippen LogP contribution in [-0.2, 0) is 12.7 Å². The molecule has 1 aromatic heterocycles. The number of alkyl halides is 6. The molecule has 12 heteroatoms. The van der Waals surface area contributed by atoms with Gasteiger partial charge in [0.15, 0.2) is 0 Å². The summed E-state index contributed by atoms with van der Waals surface area (Å²) in [7, 11) is 0. The topological polar surface area (TPSA) is 65.4 Å². The maximum atomic E-state index is 14.5. The van der Waals surface area contributed by atoms with Crippen molar-refractivity contribution in [2.45, 2.75) is 56.7 Å². The van der Waals surface area contributed by atoms with Crippen LogP contribution in [0.3, 0.4) is 0 Å². The third-order valence-electron chi connectivity index (χ3n) is 5.74. The highest BCUT2D eigenvalue weighted by Gasteiger charge is 2.34. The first-order chi connectivity index (χ1) is 16.8. The highest BCUT2D eigenvalue weighted by atomic mass is 19.4. The summed E-state index contributed by atoms with van der Waals surface area (Å²) in [5, 5.41) is 22.6. The molecule has 1 heterocycles. The minimum absolute atomic E-state index is 0.0830. The van der Waals surface area contributed by atoms with Crippen molar-refractivity contribution in [2.75, 3.05) is 0 Å². The number of hydrogen-bond donors (Lipinski definition) is 3. The van der Waals surface area contributed by atoms with Crippen molar-refractivity contribution >= 4 is 10.8 Å². The van der Waals surface area contributed by atoms with Gasteiger partial charge < -0.3 is 15.5 Å². The van der Waals surface area contributed by atoms with Crippen molar-refractivity contribution in [3.63, 3.8) is 0 Å². The SMILES string of the molecule is OC(CC(F)(F)F)c1cc(F)c(CNC2CCC2)c2ccncc12.Oc1ccc(F)c(C(F)(F)F)c1. The summed E-state index contributed by atoms with van der Waals surface area (Å²) in [6, 6.07) is 4.69. The molecule has 0 bridgehead atoms. The molecule has 0 aliphatic heterocycles. The highest BCUT2D eigenvalue weighted by molar-refractivity contribution is 5.88. The Balaban J connectivity index is 0.000000253. The largest absolute Gasteiger partial charge is 0.508 e. The van der Waals surface area contributed by atoms with Crippen LogP contribution in [0, 0.1) is 11.6 Å². The second-order valence-electron chi connectivity index (χ2n) is 8.35. The quantitative estimate of drug-likeness (QED) is 0.333. The molecule has 0 spiro atoms. The molecule has 1 aliphatic carbocycles. The number of aromatic hydroxyl groups is 1. The number of fused-ring (bicyclic) bond motifs is 1. The maximum Gasteiger partial charge on any atom is 0.419 e. The Kier molecular flexibility index (Phi) is 8.40. The summed E-state index contributed by atoms with van der Waals surface area (Å²) in [4.78, 5) is 3.91. The number of nitrogens with one attached hydrogen (secondary N) is 1. The Morgan fingerprint density at radius 3 is 2.22 bits per heavy atom. The predicted octanol–water partition coefficient (Wildman–Crippen LogP) is 6.55. The van der Waals surface area contributed by atoms with Gasteiger partial charge in [-0.25, -0.2) is 8.78 Å². The standard InChI is InChI=1S/C17H18F4N2O.C7H4F4O/c18-15-6-12(16(24)7-17(19,20)21)13-8-22-5-4-11(13)14(15)9-23-10-2-1-3-10;8-6-2-1-4(12)3-5(6)7(9,10)11/h4-6,8,10,16,23-24H,1-3,7,9H2;1-3,12H. The fraction of sp³-hybridized carbons (Fsp3) is 0.375. The lowest BCUT2D eigenvalue weighted by atomic mass is 9.92. The molecule has 3 aromatic rings. The monoisotopic (exact) mass is 522 g/mol. The maximum absolute atomic E-state index is 14.5. The van der Waals surface area contributed by atoms with Crippen molar-refractivity contribution in [1.29, 1.82) is 0 Å². The van der Waals surface area contributed by atoms with E-state index in [0.29, 0.717) is 41.1 Å². The van der Waals surface area contributed by atoms with E-state index in [1.807, 2.05) is 0 Å². The number of phenols is 1. The number of benzene rings is 2. The van der Waals surface area contributed by atoms with Crippen molar-refractivity contribution in [3.05, 3.63) is 71.1 Å². The Morgan fingerprint density at radius 2 is 1.67 bits per heavy atom. The van der Waals surface area contributed by atoms with E-state index >= 15 is 0 Å². The lowest BCUT2D eigenvalue weighted by molar-refractivity contribution is -0.154. The second-order valence-corrected chi connectivity index (χ2v) is 8.35. The normalized spacial score (nSPS) is 15.2. The summed E-state index contributed by atoms with van der Waals surface area (Å²) in [6.07, 6.45) is -6.46. The van der Waals surface area contributed by atoms with Gasteiger partial charge in [-0.3, -0.25) is 4.98 Å². The molecule has 0 saturated heterocycles. The van der Waals surface area contributed by atoms with E-state index in [2.05, 4.69) is 10.3 Å². The van der Waals surface area contributed by atoms with Gasteiger partial charge in [0.05, 0.1) is 18.1 Å². The molecule has 1 atom stereocenters. The number of aliphatic hydroxyl groups is 1. The van der Waals surface area contributed by atoms with Gasteiger partial charge in [0.1, 0.15) is 17.4 Å². The van der Waals surface area contributed by atoms with Gasteiger partial charge in [0.25, 0.3) is 0 Å². The fourth-order valence-electron chi connectivity index (χ4n) is 3.69. The molecule has 36 heavy (non-hydrogen) atoms. The Morgan fingerprint density at radius 1 is 0.972 bits per heavy atom. The summed E-state index contributed by atoms with van der Waals surface area (Å²) in [5.41, 5.74) is -1.15. The molecule has 2 aromatic carbocycles. The van der Waals surface area contributed by atoms with E-state index in [1.165, 1.54) is 12.4 Å². The van der Waals surface area contributed by atoms with Gasteiger partial charge in [-0.15, -0.1) is 0 Å². The summed E-state index contributed by atoms with van der Waals surface area (Å²) in [5.74, 6) is -2.61. The van der Waals surface area contributed by atoms with Crippen LogP contribution in [-0.4, -0.2) is 27.4 Å². The number of pyridine rings is 1. The molecule has 3 N–H and O–H groups in total. The zero-order valence-electron chi connectivity index (χ0n) is 18.6. The molecule has 4 nitrogen and oxygen atoms in total. The molecule has 1 saturated carbocycles. The number of hydrogen-bond acceptors (Lipinski definition) is 4. The van der Waals surface area contributed by atoms with E-state index < -0.39 is 47.8 Å². The van der Waals surface area contributed by atoms with Gasteiger partial charge in [-0.05, 0) is 54.1 Å². The number of nitrogens with zero attached hydrogens (tertiary/aromatic N) is 1. The molecule has 0 radical (unpaired) electrons. The molecular formula is C24H22F8N2O2. The first-order valence-corrected chi connectivity index (χ1v) is 10.8. The van der Waals surface area contributed by atoms with Crippen LogP contribution in [0.15, 0.2) is 42.7 Å². The van der Waals surface area contributed by atoms with Crippen LogP contribution in [0.25, 0.3) is 10.8 Å². The van der Waals surface area contributed by atoms with Gasteiger partial charge in [-0.1, -0.05) is 6.42 Å². The van der Waals surface area contributed by atoms with E-state index in [4.69, 9.17) is 5.11 Å². The van der Waals surface area contributed by atoms with Crippen molar-refractivity contribution in [2.24, 2.45) is 0 Å². The van der Waals surface area contributed by atoms with Crippen molar-refractivity contribution in [3.8, 4) is 5.75 Å². The first-order valence-electron chi connectivity index (χ1n) is 10.8. The van der Waals surface area contributed by atoms with Crippen LogP contribution in [0.5, 0.6) is 5.75 Å². The van der Waals surface area contributed by atoms with E-state index in [1.54, 1.807) is 6.07 Å². The first kappa shape index (κ1) is 27.6. The number of halogens is 8. The Hall–Kier alpha value is -2.99. The molecular weight excluding hydrogens is 500 g/mol. The molecule has 4 rings (SSSR count). The van der Waals surface area contributed by atoms with Crippen molar-refractivity contribution in [1.82, 2.24) is 10.3 Å². The lowest BCUT2D eigenvalue weighted by Gasteiger charge is -2.27. The van der Waals surface area contributed by atoms with Gasteiger partial charge in [-0.2, -0.15) is 26.3 Å². The molecule has 1 fully saturated rings. The van der Waals surface area contributed by atoms with Crippen LogP contribution in [0.4, 0.5) is 35.1 Å². The lowest BCUT2D eigenvalue weighted by Crippen LogP contribution is -2.34. The fourth-order valence-corrected chi connectivity index (χ4v) is 3.69. The van der Waals surface area contributed by atoms with Crippen LogP contribution in [0.2, 0.25) is 0 Å². The number of rotatable bonds is 5. The van der Waals surface area contributed by atoms with Gasteiger partial charge >= 0.3 is 12.4 Å². The number of aromatic nitrogens is 1. The minimum atomic E-state index is -4.76. The average molecular weight is 522 g/mol. The second kappa shape index (κ2) is 11.0. The minimum Gasteiger partial charge on any atom is -0.508 e. The van der Waals surface area contributed by atoms with Crippen LogP contribution in [0.1, 0.15) is 48.5 Å². The summed E-state index contributed by atoms with van der Waals surface area (Å²) in [6.45, 7) is 0.298. The zero-order valence-corrected chi connectivity index (χ0v) is 18.6. The van der Waals surface area contributed by atoms with Gasteiger partial charge in [0.2, 0.25) is 0 Å². The number of aliphatic hydroxyl groups excluding tert-OH is 1. The molecule has 1 unspecified atom stereocenters. The van der Waals surface area contributed by atoms with Gasteiger partial charge in [0, 0.05) is 35.9 Å². The third kappa shape index (κ3) is 7.03. The van der Waals surface area contributed by atoms with E-state index in [9.17, 15) is 40.2 Å². The predicted molar refractivity (Wildman–Crippen MR) is 115 cm³/mol. The smallest absolute Gasteiger partial charge is 0.419 e. The summed E-state index contributed by atoms with van der Waals surface area (Å²) >= 11 is 0. The number of phenolic OH excluding ortho intramolecular Hbond substituents is 1. The molecule has 0 amide bonds. The van der Waals surface area contributed by atoms with Crippen LogP contribution < -0.4 is 5.32 Å². The Bertz CT molecular complexity index is 1190. The third-order valence-corrected chi connectivity index (χ3v) is 5.74. The summed E-state index contributed by atoms with van der Waals surface area (Å²) < 4.78 is 100. The van der Waals surface area contributed by atoms with Crippen molar-refractivity contribution < 1.29 is 45.3 Å². The molecule has 196 valence electrons. The highest BCUT2D eigenvalue weighted by Crippen LogP contribution is 2.35. The van der Waals surface area contributed by atoms with E-state index in [0.717, 1.165) is 31.4 Å².